The standard InChI is InChI=1S/C11H10B3FN2O11P2/c1-2-5-4-17(8(20)16-7(5)19)10(12)6(18)3-9(15,26-10)11(13,14)27-30(24,25)28-29(21,22)23/h1,4,6,18H,3H2,(H,24,25)(H,16,19,20)(H2,21,22,23)/t6-,9+,10+/m1/s1. The molecule has 19 heteroatoms. The summed E-state index contributed by atoms with van der Waals surface area (Å²) in [5.41, 5.74) is -5.60. The lowest BCUT2D eigenvalue weighted by atomic mass is 9.60. The SMILES string of the molecule is [B]C([B])(OP(=O)(O)OP(=O)(O)O)[C@]1(F)C[C@@H](O)[C@]([B])(n2cc(C#C)c(=O)[nH]c2=O)O1. The van der Waals surface area contributed by atoms with Gasteiger partial charge < -0.3 is 24.5 Å². The van der Waals surface area contributed by atoms with E-state index >= 15 is 4.39 Å². The smallest absolute Gasteiger partial charge is 0.389 e. The van der Waals surface area contributed by atoms with Crippen molar-refractivity contribution in [2.45, 2.75) is 29.4 Å². The van der Waals surface area contributed by atoms with Gasteiger partial charge in [-0.1, -0.05) is 5.92 Å². The molecule has 1 unspecified atom stereocenters. The van der Waals surface area contributed by atoms with Crippen molar-refractivity contribution in [2.24, 2.45) is 0 Å². The number of nitrogens with one attached hydrogen (secondary N) is 1. The minimum Gasteiger partial charge on any atom is -0.389 e. The van der Waals surface area contributed by atoms with E-state index in [9.17, 15) is 28.7 Å². The van der Waals surface area contributed by atoms with Crippen molar-refractivity contribution in [3.63, 3.8) is 0 Å². The highest BCUT2D eigenvalue weighted by molar-refractivity contribution is 7.60. The molecule has 1 aliphatic heterocycles. The van der Waals surface area contributed by atoms with Crippen LogP contribution in [0.25, 0.3) is 0 Å². The molecule has 2 rings (SSSR count). The van der Waals surface area contributed by atoms with E-state index in [0.717, 1.165) is 0 Å². The highest BCUT2D eigenvalue weighted by Crippen LogP contribution is 2.61. The molecule has 156 valence electrons. The van der Waals surface area contributed by atoms with E-state index in [1.807, 2.05) is 5.92 Å². The number of aromatic amines is 1. The molecule has 0 spiro atoms. The average molecular weight is 460 g/mol. The summed E-state index contributed by atoms with van der Waals surface area (Å²) >= 11 is 0. The molecule has 1 saturated heterocycles. The fraction of sp³-hybridized carbons (Fsp3) is 0.455. The maximum atomic E-state index is 15.3. The normalized spacial score (nSPS) is 29.3. The molecule has 30 heavy (non-hydrogen) atoms. The summed E-state index contributed by atoms with van der Waals surface area (Å²) in [5, 5.41) is 6.68. The number of aromatic nitrogens is 2. The number of alkyl halides is 1. The molecule has 0 bridgehead atoms. The third kappa shape index (κ3) is 4.73. The van der Waals surface area contributed by atoms with Crippen LogP contribution in [-0.4, -0.2) is 70.2 Å². The highest BCUT2D eigenvalue weighted by atomic mass is 31.3. The van der Waals surface area contributed by atoms with Crippen molar-refractivity contribution >= 4 is 39.2 Å². The van der Waals surface area contributed by atoms with Gasteiger partial charge in [0.05, 0.1) is 11.5 Å². The number of hydrogen-bond donors (Lipinski definition) is 5. The lowest BCUT2D eigenvalue weighted by Gasteiger charge is -2.40. The van der Waals surface area contributed by atoms with Crippen molar-refractivity contribution in [1.29, 1.82) is 0 Å². The van der Waals surface area contributed by atoms with E-state index < -0.39 is 61.9 Å². The number of H-pyrrole nitrogens is 1. The van der Waals surface area contributed by atoms with E-state index in [1.165, 1.54) is 0 Å². The molecular formula is C11H10B3FN2O11P2. The van der Waals surface area contributed by atoms with E-state index in [-0.39, 0.29) is 0 Å². The molecule has 2 heterocycles. The summed E-state index contributed by atoms with van der Waals surface area (Å²) in [6, 6.07) is 0. The molecule has 1 aromatic rings. The Morgan fingerprint density at radius 2 is 1.97 bits per heavy atom. The minimum absolute atomic E-state index is 0.302. The van der Waals surface area contributed by atoms with Crippen LogP contribution in [0, 0.1) is 12.3 Å². The van der Waals surface area contributed by atoms with E-state index in [2.05, 4.69) is 8.83 Å². The van der Waals surface area contributed by atoms with Gasteiger partial charge in [0.2, 0.25) is 5.85 Å². The van der Waals surface area contributed by atoms with Gasteiger partial charge in [0.25, 0.3) is 5.56 Å². The Hall–Kier alpha value is -1.46. The van der Waals surface area contributed by atoms with Crippen molar-refractivity contribution in [2.75, 3.05) is 0 Å². The zero-order chi connectivity index (χ0) is 23.3. The Labute approximate surface area is 170 Å². The van der Waals surface area contributed by atoms with E-state index in [0.29, 0.717) is 10.8 Å². The van der Waals surface area contributed by atoms with Gasteiger partial charge in [-0.05, 0) is 0 Å². The topological polar surface area (TPSA) is 198 Å². The van der Waals surface area contributed by atoms with Crippen LogP contribution in [0.3, 0.4) is 0 Å². The van der Waals surface area contributed by atoms with Crippen molar-refractivity contribution in [1.82, 2.24) is 9.55 Å². The number of rotatable bonds is 6. The van der Waals surface area contributed by atoms with E-state index in [4.69, 9.17) is 44.5 Å². The number of hydrogen-bond acceptors (Lipinski definition) is 8. The summed E-state index contributed by atoms with van der Waals surface area (Å²) in [5.74, 6) is -1.75. The van der Waals surface area contributed by atoms with Crippen LogP contribution in [0.5, 0.6) is 0 Å². The lowest BCUT2D eigenvalue weighted by Crippen LogP contribution is -2.56. The molecular weight excluding hydrogens is 450 g/mol. The van der Waals surface area contributed by atoms with Crippen LogP contribution in [-0.2, 0) is 28.3 Å². The van der Waals surface area contributed by atoms with Crippen LogP contribution in [0.1, 0.15) is 12.0 Å². The number of aliphatic hydroxyl groups is 1. The van der Waals surface area contributed by atoms with Gasteiger partial charge in [0, 0.05) is 12.6 Å². The third-order valence-electron chi connectivity index (χ3n) is 3.79. The fourth-order valence-electron chi connectivity index (χ4n) is 2.46. The van der Waals surface area contributed by atoms with Gasteiger partial charge in [0.15, 0.2) is 0 Å². The Morgan fingerprint density at radius 3 is 2.47 bits per heavy atom. The second-order valence-electron chi connectivity index (χ2n) is 6.04. The number of nitrogens with zero attached hydrogens (tertiary/aromatic N) is 1. The number of phosphoric ester groups is 1. The molecule has 0 aromatic carbocycles. The number of terminal acetylenes is 1. The fourth-order valence-corrected chi connectivity index (χ4v) is 4.18. The van der Waals surface area contributed by atoms with Gasteiger partial charge in [-0.15, -0.1) is 6.42 Å². The Morgan fingerprint density at radius 1 is 1.40 bits per heavy atom. The summed E-state index contributed by atoms with van der Waals surface area (Å²) in [6.45, 7) is 0. The molecule has 5 N–H and O–H groups in total. The second-order valence-corrected chi connectivity index (χ2v) is 8.80. The molecule has 0 saturated carbocycles. The molecule has 1 fully saturated rings. The van der Waals surface area contributed by atoms with Crippen molar-refractivity contribution < 1.29 is 46.9 Å². The first-order valence-electron chi connectivity index (χ1n) is 7.43. The monoisotopic (exact) mass is 460 g/mol. The van der Waals surface area contributed by atoms with Crippen molar-refractivity contribution in [3.8, 4) is 12.3 Å². The minimum atomic E-state index is -5.79. The summed E-state index contributed by atoms with van der Waals surface area (Å²) < 4.78 is 50.3. The molecule has 0 aliphatic carbocycles. The van der Waals surface area contributed by atoms with Gasteiger partial charge in [-0.25, -0.2) is 18.3 Å². The van der Waals surface area contributed by atoms with Gasteiger partial charge in [-0.3, -0.25) is 18.9 Å². The first kappa shape index (κ1) is 24.8. The predicted octanol–water partition coefficient (Wildman–Crippen LogP) is -3.04. The zero-order valence-corrected chi connectivity index (χ0v) is 16.3. The number of phosphoric acid groups is 2. The Kier molecular flexibility index (Phi) is 6.28. The molecule has 0 amide bonds. The molecule has 4 atom stereocenters. The number of aliphatic hydroxyl groups excluding tert-OH is 1. The predicted molar refractivity (Wildman–Crippen MR) is 96.8 cm³/mol. The van der Waals surface area contributed by atoms with Crippen LogP contribution < -0.4 is 11.2 Å². The first-order valence-corrected chi connectivity index (χ1v) is 10.5. The maximum Gasteiger partial charge on any atom is 0.480 e. The number of ether oxygens (including phenoxy) is 1. The van der Waals surface area contributed by atoms with Gasteiger partial charge >= 0.3 is 21.3 Å². The highest BCUT2D eigenvalue weighted by Gasteiger charge is 2.63. The van der Waals surface area contributed by atoms with Crippen molar-refractivity contribution in [3.05, 3.63) is 32.6 Å². The third-order valence-corrected chi connectivity index (χ3v) is 6.00. The Balaban J connectivity index is 2.46. The van der Waals surface area contributed by atoms with Crippen LogP contribution >= 0.6 is 15.6 Å². The average Bonchev–Trinajstić information content (AvgIpc) is 2.75. The lowest BCUT2D eigenvalue weighted by molar-refractivity contribution is -0.219. The van der Waals surface area contributed by atoms with Crippen LogP contribution in [0.4, 0.5) is 4.39 Å². The molecule has 1 aliphatic rings. The molecule has 6 radical (unpaired) electrons. The van der Waals surface area contributed by atoms with Gasteiger partial charge in [-0.2, -0.15) is 4.31 Å². The Bertz CT molecular complexity index is 1110. The second kappa shape index (κ2) is 7.60. The first-order chi connectivity index (χ1) is 13.4. The number of halogens is 1. The quantitative estimate of drug-likeness (QED) is 0.165. The summed E-state index contributed by atoms with van der Waals surface area (Å²) in [4.78, 5) is 51.9. The van der Waals surface area contributed by atoms with Crippen LogP contribution in [0.2, 0.25) is 0 Å². The maximum absolute atomic E-state index is 15.3. The molecule has 1 aromatic heterocycles. The van der Waals surface area contributed by atoms with Gasteiger partial charge in [0.1, 0.15) is 34.7 Å². The van der Waals surface area contributed by atoms with Crippen LogP contribution in [0.15, 0.2) is 15.8 Å². The zero-order valence-electron chi connectivity index (χ0n) is 14.5. The van der Waals surface area contributed by atoms with E-state index in [1.54, 1.807) is 4.98 Å². The molecule has 13 nitrogen and oxygen atoms in total. The summed E-state index contributed by atoms with van der Waals surface area (Å²) in [6.07, 6.45) is 2.31. The summed E-state index contributed by atoms with van der Waals surface area (Å²) in [7, 11) is 4.91. The largest absolute Gasteiger partial charge is 0.480 e.